The fraction of sp³-hybridized carbons (Fsp3) is 0.333. The quantitative estimate of drug-likeness (QED) is 0.766. The fourth-order valence-corrected chi connectivity index (χ4v) is 2.91. The minimum atomic E-state index is 0.479. The average Bonchev–Trinajstić information content (AvgIpc) is 2.89. The second-order valence-corrected chi connectivity index (χ2v) is 6.39. The van der Waals surface area contributed by atoms with E-state index < -0.39 is 0 Å². The van der Waals surface area contributed by atoms with E-state index in [1.807, 2.05) is 35.6 Å². The van der Waals surface area contributed by atoms with Crippen LogP contribution in [0.2, 0.25) is 0 Å². The van der Waals surface area contributed by atoms with Crippen LogP contribution in [0.3, 0.4) is 0 Å². The summed E-state index contributed by atoms with van der Waals surface area (Å²) in [6, 6.07) is 12.7. The van der Waals surface area contributed by atoms with E-state index in [-0.39, 0.29) is 0 Å². The Morgan fingerprint density at radius 1 is 1.26 bits per heavy atom. The van der Waals surface area contributed by atoms with Gasteiger partial charge in [0.2, 0.25) is 0 Å². The lowest BCUT2D eigenvalue weighted by atomic mass is 10.2. The second-order valence-electron chi connectivity index (χ2n) is 4.44. The summed E-state index contributed by atoms with van der Waals surface area (Å²) in [5.41, 5.74) is 0. The lowest BCUT2D eigenvalue weighted by Crippen LogP contribution is -2.31. The predicted molar refractivity (Wildman–Crippen MR) is 85.1 cm³/mol. The van der Waals surface area contributed by atoms with E-state index in [1.165, 1.54) is 4.88 Å². The van der Waals surface area contributed by atoms with Crippen molar-refractivity contribution in [1.29, 1.82) is 0 Å². The molecule has 0 bridgehead atoms. The molecule has 1 heterocycles. The molecule has 0 spiro atoms. The van der Waals surface area contributed by atoms with Crippen LogP contribution in [0.5, 0.6) is 5.75 Å². The Morgan fingerprint density at radius 2 is 2.05 bits per heavy atom. The number of thiophene rings is 1. The van der Waals surface area contributed by atoms with Gasteiger partial charge in [-0.3, -0.25) is 0 Å². The van der Waals surface area contributed by atoms with Gasteiger partial charge in [-0.2, -0.15) is 0 Å². The molecule has 0 fully saturated rings. The Balaban J connectivity index is 1.62. The van der Waals surface area contributed by atoms with Gasteiger partial charge in [-0.25, -0.2) is 0 Å². The molecule has 0 aliphatic heterocycles. The molecule has 0 saturated carbocycles. The average molecular weight is 340 g/mol. The van der Waals surface area contributed by atoms with E-state index in [4.69, 9.17) is 4.74 Å². The number of hydrogen-bond donors (Lipinski definition) is 1. The van der Waals surface area contributed by atoms with Crippen LogP contribution in [0.15, 0.2) is 46.3 Å². The van der Waals surface area contributed by atoms with Crippen molar-refractivity contribution >= 4 is 27.3 Å². The molecule has 4 heteroatoms. The normalized spacial score (nSPS) is 12.3. The van der Waals surface area contributed by atoms with Crippen molar-refractivity contribution in [3.8, 4) is 5.75 Å². The van der Waals surface area contributed by atoms with Crippen LogP contribution in [-0.4, -0.2) is 19.2 Å². The lowest BCUT2D eigenvalue weighted by Gasteiger charge is -2.13. The highest BCUT2D eigenvalue weighted by Crippen LogP contribution is 2.15. The number of halogens is 1. The molecule has 1 atom stereocenters. The predicted octanol–water partition coefficient (Wildman–Crippen LogP) is 4.11. The molecule has 0 radical (unpaired) electrons. The van der Waals surface area contributed by atoms with E-state index in [2.05, 4.69) is 45.7 Å². The van der Waals surface area contributed by atoms with Crippen molar-refractivity contribution < 1.29 is 4.74 Å². The highest BCUT2D eigenvalue weighted by Gasteiger charge is 2.03. The summed E-state index contributed by atoms with van der Waals surface area (Å²) in [7, 11) is 0. The van der Waals surface area contributed by atoms with Crippen LogP contribution in [0.4, 0.5) is 0 Å². The molecule has 2 rings (SSSR count). The van der Waals surface area contributed by atoms with Gasteiger partial charge >= 0.3 is 0 Å². The summed E-state index contributed by atoms with van der Waals surface area (Å²) in [6.45, 7) is 3.76. The third kappa shape index (κ3) is 5.35. The molecule has 2 nitrogen and oxygen atoms in total. The van der Waals surface area contributed by atoms with Gasteiger partial charge in [0.05, 0.1) is 0 Å². The van der Waals surface area contributed by atoms with Gasteiger partial charge in [-0.1, -0.05) is 22.0 Å². The van der Waals surface area contributed by atoms with Crippen LogP contribution >= 0.6 is 27.3 Å². The van der Waals surface area contributed by atoms with Crippen LogP contribution in [-0.2, 0) is 6.42 Å². The maximum atomic E-state index is 5.67. The summed E-state index contributed by atoms with van der Waals surface area (Å²) in [6.07, 6.45) is 1.08. The van der Waals surface area contributed by atoms with Crippen molar-refractivity contribution in [3.05, 3.63) is 51.1 Å². The zero-order chi connectivity index (χ0) is 13.5. The first kappa shape index (κ1) is 14.6. The van der Waals surface area contributed by atoms with E-state index in [0.29, 0.717) is 12.6 Å². The van der Waals surface area contributed by atoms with Crippen molar-refractivity contribution in [1.82, 2.24) is 5.32 Å². The summed E-state index contributed by atoms with van der Waals surface area (Å²) < 4.78 is 6.74. The SMILES string of the molecule is CC(Cc1cccs1)NCCOc1ccc(Br)cc1. The van der Waals surface area contributed by atoms with Crippen molar-refractivity contribution in [2.45, 2.75) is 19.4 Å². The number of benzene rings is 1. The number of hydrogen-bond acceptors (Lipinski definition) is 3. The molecule has 19 heavy (non-hydrogen) atoms. The minimum absolute atomic E-state index is 0.479. The molecule has 2 aromatic rings. The summed E-state index contributed by atoms with van der Waals surface area (Å²) in [5.74, 6) is 0.913. The number of ether oxygens (including phenoxy) is 1. The van der Waals surface area contributed by atoms with Gasteiger partial charge in [0.15, 0.2) is 0 Å². The highest BCUT2D eigenvalue weighted by molar-refractivity contribution is 9.10. The smallest absolute Gasteiger partial charge is 0.119 e. The largest absolute Gasteiger partial charge is 0.492 e. The number of nitrogens with one attached hydrogen (secondary N) is 1. The Labute approximate surface area is 126 Å². The van der Waals surface area contributed by atoms with Crippen LogP contribution in [0, 0.1) is 0 Å². The van der Waals surface area contributed by atoms with Crippen LogP contribution in [0.1, 0.15) is 11.8 Å². The first-order valence-electron chi connectivity index (χ1n) is 6.38. The van der Waals surface area contributed by atoms with E-state index in [1.54, 1.807) is 0 Å². The Morgan fingerprint density at radius 3 is 2.74 bits per heavy atom. The maximum absolute atomic E-state index is 5.67. The van der Waals surface area contributed by atoms with Crippen molar-refractivity contribution in [2.75, 3.05) is 13.2 Å². The van der Waals surface area contributed by atoms with Gasteiger partial charge in [0.25, 0.3) is 0 Å². The third-order valence-corrected chi connectivity index (χ3v) is 4.19. The van der Waals surface area contributed by atoms with Gasteiger partial charge in [0, 0.05) is 21.9 Å². The molecule has 1 aromatic heterocycles. The zero-order valence-electron chi connectivity index (χ0n) is 10.9. The summed E-state index contributed by atoms with van der Waals surface area (Å²) in [4.78, 5) is 1.42. The Bertz CT molecular complexity index is 469. The van der Waals surface area contributed by atoms with Gasteiger partial charge in [-0.15, -0.1) is 11.3 Å². The summed E-state index contributed by atoms with van der Waals surface area (Å²) in [5, 5.41) is 5.60. The molecule has 1 N–H and O–H groups in total. The Kier molecular flexibility index (Phi) is 5.89. The standard InChI is InChI=1S/C15H18BrNOS/c1-12(11-15-3-2-10-19-15)17-8-9-18-14-6-4-13(16)5-7-14/h2-7,10,12,17H,8-9,11H2,1H3. The molecule has 0 aliphatic carbocycles. The molecule has 1 aromatic carbocycles. The second kappa shape index (κ2) is 7.68. The van der Waals surface area contributed by atoms with Crippen LogP contribution < -0.4 is 10.1 Å². The minimum Gasteiger partial charge on any atom is -0.492 e. The molecule has 102 valence electrons. The van der Waals surface area contributed by atoms with Crippen LogP contribution in [0.25, 0.3) is 0 Å². The fourth-order valence-electron chi connectivity index (χ4n) is 1.81. The van der Waals surface area contributed by atoms with Crippen molar-refractivity contribution in [3.63, 3.8) is 0 Å². The molecule has 1 unspecified atom stereocenters. The molecule has 0 aliphatic rings. The van der Waals surface area contributed by atoms with Gasteiger partial charge in [-0.05, 0) is 49.1 Å². The Hall–Kier alpha value is -0.840. The topological polar surface area (TPSA) is 21.3 Å². The molecule has 0 saturated heterocycles. The molecule has 0 amide bonds. The maximum Gasteiger partial charge on any atom is 0.119 e. The first-order valence-corrected chi connectivity index (χ1v) is 8.05. The van der Waals surface area contributed by atoms with E-state index in [9.17, 15) is 0 Å². The lowest BCUT2D eigenvalue weighted by molar-refractivity contribution is 0.307. The summed E-state index contributed by atoms with van der Waals surface area (Å²) >= 11 is 5.22. The zero-order valence-corrected chi connectivity index (χ0v) is 13.3. The van der Waals surface area contributed by atoms with Gasteiger partial charge < -0.3 is 10.1 Å². The molecular weight excluding hydrogens is 322 g/mol. The first-order chi connectivity index (χ1) is 9.24. The van der Waals surface area contributed by atoms with Gasteiger partial charge in [0.1, 0.15) is 12.4 Å². The molecular formula is C15H18BrNOS. The number of rotatable bonds is 7. The monoisotopic (exact) mass is 339 g/mol. The third-order valence-electron chi connectivity index (χ3n) is 2.76. The van der Waals surface area contributed by atoms with E-state index in [0.717, 1.165) is 23.2 Å². The van der Waals surface area contributed by atoms with Crippen molar-refractivity contribution in [2.24, 2.45) is 0 Å². The van der Waals surface area contributed by atoms with E-state index >= 15 is 0 Å². The highest BCUT2D eigenvalue weighted by atomic mass is 79.9.